The molecule has 1 unspecified atom stereocenters. The molecule has 94 valence electrons. The van der Waals surface area contributed by atoms with Crippen molar-refractivity contribution in [1.29, 1.82) is 0 Å². The van der Waals surface area contributed by atoms with Gasteiger partial charge in [0, 0.05) is 16.7 Å². The van der Waals surface area contributed by atoms with Crippen LogP contribution in [0.15, 0.2) is 29.2 Å². The minimum Gasteiger partial charge on any atom is -0.497 e. The zero-order valence-corrected chi connectivity index (χ0v) is 11.0. The smallest absolute Gasteiger partial charge is 0.118 e. The third kappa shape index (κ3) is 4.13. The van der Waals surface area contributed by atoms with Gasteiger partial charge in [-0.25, -0.2) is 0 Å². The van der Waals surface area contributed by atoms with E-state index in [9.17, 15) is 4.21 Å². The van der Waals surface area contributed by atoms with Crippen LogP contribution in [0.2, 0.25) is 0 Å². The van der Waals surface area contributed by atoms with E-state index >= 15 is 0 Å². The summed E-state index contributed by atoms with van der Waals surface area (Å²) in [5.41, 5.74) is 0. The van der Waals surface area contributed by atoms with Crippen LogP contribution in [-0.2, 0) is 10.8 Å². The highest BCUT2D eigenvalue weighted by Gasteiger charge is 2.19. The van der Waals surface area contributed by atoms with E-state index in [1.54, 1.807) is 7.11 Å². The van der Waals surface area contributed by atoms with Crippen molar-refractivity contribution in [3.05, 3.63) is 24.3 Å². The Morgan fingerprint density at radius 2 is 2.06 bits per heavy atom. The van der Waals surface area contributed by atoms with Crippen molar-refractivity contribution in [2.24, 2.45) is 0 Å². The molecule has 1 aromatic rings. The van der Waals surface area contributed by atoms with Gasteiger partial charge in [0.25, 0.3) is 0 Å². The molecular formula is C13H19NO2S. The summed E-state index contributed by atoms with van der Waals surface area (Å²) < 4.78 is 17.0. The van der Waals surface area contributed by atoms with E-state index in [1.165, 1.54) is 12.8 Å². The standard InChI is InChI=1S/C13H19NO2S/c1-16-12-5-7-13(8-6-12)17(15)10-2-9-14-11-3-4-11/h5-8,11,14H,2-4,9-10H2,1H3. The second kappa shape index (κ2) is 6.17. The average molecular weight is 253 g/mol. The monoisotopic (exact) mass is 253 g/mol. The van der Waals surface area contributed by atoms with Crippen molar-refractivity contribution in [2.75, 3.05) is 19.4 Å². The van der Waals surface area contributed by atoms with Crippen LogP contribution in [0.4, 0.5) is 0 Å². The van der Waals surface area contributed by atoms with Crippen LogP contribution >= 0.6 is 0 Å². The summed E-state index contributed by atoms with van der Waals surface area (Å²) in [6.07, 6.45) is 3.58. The molecule has 0 radical (unpaired) electrons. The quantitative estimate of drug-likeness (QED) is 0.755. The zero-order chi connectivity index (χ0) is 12.1. The van der Waals surface area contributed by atoms with Crippen LogP contribution in [0.3, 0.4) is 0 Å². The zero-order valence-electron chi connectivity index (χ0n) is 10.1. The molecule has 0 saturated heterocycles. The predicted octanol–water partition coefficient (Wildman–Crippen LogP) is 1.94. The highest BCUT2D eigenvalue weighted by atomic mass is 32.2. The third-order valence-corrected chi connectivity index (χ3v) is 4.30. The molecule has 0 aliphatic heterocycles. The molecule has 0 aromatic heterocycles. The first-order valence-electron chi connectivity index (χ1n) is 6.05. The van der Waals surface area contributed by atoms with Gasteiger partial charge in [0.15, 0.2) is 0 Å². The van der Waals surface area contributed by atoms with Gasteiger partial charge in [0.05, 0.1) is 17.9 Å². The molecule has 1 N–H and O–H groups in total. The van der Waals surface area contributed by atoms with E-state index < -0.39 is 10.8 Å². The van der Waals surface area contributed by atoms with Gasteiger partial charge < -0.3 is 10.1 Å². The summed E-state index contributed by atoms with van der Waals surface area (Å²) in [5.74, 6) is 1.53. The molecule has 1 saturated carbocycles. The molecule has 3 nitrogen and oxygen atoms in total. The lowest BCUT2D eigenvalue weighted by Gasteiger charge is -2.04. The first-order chi connectivity index (χ1) is 8.29. The number of methoxy groups -OCH3 is 1. The summed E-state index contributed by atoms with van der Waals surface area (Å²) in [5, 5.41) is 3.43. The van der Waals surface area contributed by atoms with Crippen molar-refractivity contribution in [1.82, 2.24) is 5.32 Å². The number of hydrogen-bond donors (Lipinski definition) is 1. The van der Waals surface area contributed by atoms with Crippen molar-refractivity contribution in [3.8, 4) is 5.75 Å². The van der Waals surface area contributed by atoms with Gasteiger partial charge in [-0.1, -0.05) is 0 Å². The lowest BCUT2D eigenvalue weighted by atomic mass is 10.3. The largest absolute Gasteiger partial charge is 0.497 e. The SMILES string of the molecule is COc1ccc(S(=O)CCCNC2CC2)cc1. The molecule has 0 heterocycles. The summed E-state index contributed by atoms with van der Waals surface area (Å²) in [7, 11) is 0.751. The van der Waals surface area contributed by atoms with Crippen LogP contribution in [-0.4, -0.2) is 29.7 Å². The molecule has 0 bridgehead atoms. The van der Waals surface area contributed by atoms with E-state index in [1.807, 2.05) is 24.3 Å². The first kappa shape index (κ1) is 12.6. The fourth-order valence-electron chi connectivity index (χ4n) is 1.64. The molecule has 1 atom stereocenters. The van der Waals surface area contributed by atoms with Gasteiger partial charge in [-0.3, -0.25) is 4.21 Å². The highest BCUT2D eigenvalue weighted by molar-refractivity contribution is 7.85. The Morgan fingerprint density at radius 1 is 1.35 bits per heavy atom. The van der Waals surface area contributed by atoms with Gasteiger partial charge in [0.1, 0.15) is 5.75 Å². The van der Waals surface area contributed by atoms with Crippen molar-refractivity contribution in [2.45, 2.75) is 30.2 Å². The van der Waals surface area contributed by atoms with Crippen LogP contribution in [0.1, 0.15) is 19.3 Å². The van der Waals surface area contributed by atoms with Gasteiger partial charge >= 0.3 is 0 Å². The maximum atomic E-state index is 11.9. The average Bonchev–Trinajstić information content (AvgIpc) is 3.18. The Labute approximate surface area is 105 Å². The summed E-state index contributed by atoms with van der Waals surface area (Å²) in [4.78, 5) is 0.886. The lowest BCUT2D eigenvalue weighted by molar-refractivity contribution is 0.414. The lowest BCUT2D eigenvalue weighted by Crippen LogP contribution is -2.19. The Kier molecular flexibility index (Phi) is 4.57. The minimum absolute atomic E-state index is 0.728. The molecule has 1 aliphatic carbocycles. The minimum atomic E-state index is -0.884. The molecular weight excluding hydrogens is 234 g/mol. The van der Waals surface area contributed by atoms with E-state index in [2.05, 4.69) is 5.32 Å². The number of rotatable bonds is 7. The van der Waals surface area contributed by atoms with Crippen molar-refractivity contribution >= 4 is 10.8 Å². The highest BCUT2D eigenvalue weighted by Crippen LogP contribution is 2.18. The number of ether oxygens (including phenoxy) is 1. The normalized spacial score (nSPS) is 16.8. The molecule has 1 aromatic carbocycles. The van der Waals surface area contributed by atoms with Gasteiger partial charge in [0.2, 0.25) is 0 Å². The first-order valence-corrected chi connectivity index (χ1v) is 7.37. The second-order valence-corrected chi connectivity index (χ2v) is 5.88. The van der Waals surface area contributed by atoms with Crippen LogP contribution in [0.25, 0.3) is 0 Å². The van der Waals surface area contributed by atoms with Crippen molar-refractivity contribution in [3.63, 3.8) is 0 Å². The number of benzene rings is 1. The fourth-order valence-corrected chi connectivity index (χ4v) is 2.72. The van der Waals surface area contributed by atoms with E-state index in [-0.39, 0.29) is 0 Å². The Balaban J connectivity index is 1.73. The van der Waals surface area contributed by atoms with Gasteiger partial charge in [-0.2, -0.15) is 0 Å². The van der Waals surface area contributed by atoms with Gasteiger partial charge in [-0.05, 0) is 50.1 Å². The topological polar surface area (TPSA) is 38.3 Å². The van der Waals surface area contributed by atoms with Crippen LogP contribution in [0, 0.1) is 0 Å². The maximum absolute atomic E-state index is 11.9. The fraction of sp³-hybridized carbons (Fsp3) is 0.538. The number of nitrogens with one attached hydrogen (secondary N) is 1. The maximum Gasteiger partial charge on any atom is 0.118 e. The van der Waals surface area contributed by atoms with E-state index in [4.69, 9.17) is 4.74 Å². The number of hydrogen-bond acceptors (Lipinski definition) is 3. The molecule has 1 fully saturated rings. The predicted molar refractivity (Wildman–Crippen MR) is 69.9 cm³/mol. The Bertz CT molecular complexity index is 374. The third-order valence-electron chi connectivity index (χ3n) is 2.84. The molecule has 1 aliphatic rings. The van der Waals surface area contributed by atoms with Crippen molar-refractivity contribution < 1.29 is 8.95 Å². The summed E-state index contributed by atoms with van der Waals surface area (Å²) in [6.45, 7) is 0.979. The molecule has 2 rings (SSSR count). The van der Waals surface area contributed by atoms with Crippen LogP contribution in [0.5, 0.6) is 5.75 Å². The summed E-state index contributed by atoms with van der Waals surface area (Å²) in [6, 6.07) is 8.21. The van der Waals surface area contributed by atoms with E-state index in [0.717, 1.165) is 35.4 Å². The molecule has 0 spiro atoms. The Hall–Kier alpha value is -0.870. The summed E-state index contributed by atoms with van der Waals surface area (Å²) >= 11 is 0. The molecule has 0 amide bonds. The van der Waals surface area contributed by atoms with E-state index in [0.29, 0.717) is 0 Å². The Morgan fingerprint density at radius 3 is 2.65 bits per heavy atom. The van der Waals surface area contributed by atoms with Crippen LogP contribution < -0.4 is 10.1 Å². The van der Waals surface area contributed by atoms with Gasteiger partial charge in [-0.15, -0.1) is 0 Å². The molecule has 4 heteroatoms. The molecule has 17 heavy (non-hydrogen) atoms. The second-order valence-electron chi connectivity index (χ2n) is 4.31.